The first-order valence-electron chi connectivity index (χ1n) is 8.85. The lowest BCUT2D eigenvalue weighted by Crippen LogP contribution is -2.28. The molecule has 3 rings (SSSR count). The molecule has 6 heteroatoms. The van der Waals surface area contributed by atoms with Crippen molar-refractivity contribution >= 4 is 11.7 Å². The van der Waals surface area contributed by atoms with Gasteiger partial charge in [-0.1, -0.05) is 13.0 Å². The molecule has 2 heterocycles. The number of benzene rings is 1. The second-order valence-corrected chi connectivity index (χ2v) is 6.49. The van der Waals surface area contributed by atoms with Gasteiger partial charge in [0, 0.05) is 11.3 Å². The molecular formula is C20H24N2O4. The molecule has 0 saturated carbocycles. The first-order valence-corrected chi connectivity index (χ1v) is 8.85. The SMILES string of the molecule is CCc1c(C(=O)NC(C)c2ccc3c(c2)OCCO3)[nH]c(C)c1C(C)=O. The molecule has 1 unspecified atom stereocenters. The highest BCUT2D eigenvalue weighted by Crippen LogP contribution is 2.32. The normalized spacial score (nSPS) is 14.0. The van der Waals surface area contributed by atoms with Gasteiger partial charge in [-0.3, -0.25) is 9.59 Å². The molecule has 0 radical (unpaired) electrons. The van der Waals surface area contributed by atoms with Crippen LogP contribution in [0.5, 0.6) is 11.5 Å². The van der Waals surface area contributed by atoms with Crippen LogP contribution in [0.4, 0.5) is 0 Å². The second-order valence-electron chi connectivity index (χ2n) is 6.49. The molecule has 2 aromatic rings. The molecule has 26 heavy (non-hydrogen) atoms. The molecule has 1 aromatic carbocycles. The van der Waals surface area contributed by atoms with Gasteiger partial charge in [0.05, 0.1) is 6.04 Å². The Bertz CT molecular complexity index is 854. The van der Waals surface area contributed by atoms with Gasteiger partial charge in [0.25, 0.3) is 5.91 Å². The number of aromatic nitrogens is 1. The van der Waals surface area contributed by atoms with E-state index in [0.29, 0.717) is 36.6 Å². The van der Waals surface area contributed by atoms with Gasteiger partial charge in [-0.2, -0.15) is 0 Å². The lowest BCUT2D eigenvalue weighted by molar-refractivity contribution is 0.0934. The van der Waals surface area contributed by atoms with E-state index in [-0.39, 0.29) is 17.7 Å². The van der Waals surface area contributed by atoms with Crippen LogP contribution in [0.2, 0.25) is 0 Å². The Kier molecular flexibility index (Phi) is 5.02. The van der Waals surface area contributed by atoms with Crippen molar-refractivity contribution in [3.8, 4) is 11.5 Å². The lowest BCUT2D eigenvalue weighted by atomic mass is 10.0. The minimum Gasteiger partial charge on any atom is -0.486 e. The number of aromatic amines is 1. The molecule has 2 N–H and O–H groups in total. The van der Waals surface area contributed by atoms with Crippen LogP contribution in [0.25, 0.3) is 0 Å². The first kappa shape index (κ1) is 18.0. The molecule has 0 spiro atoms. The summed E-state index contributed by atoms with van der Waals surface area (Å²) in [7, 11) is 0. The van der Waals surface area contributed by atoms with Crippen molar-refractivity contribution in [2.24, 2.45) is 0 Å². The van der Waals surface area contributed by atoms with Crippen molar-refractivity contribution in [2.75, 3.05) is 13.2 Å². The molecule has 0 fully saturated rings. The zero-order valence-corrected chi connectivity index (χ0v) is 15.6. The molecule has 1 atom stereocenters. The summed E-state index contributed by atoms with van der Waals surface area (Å²) in [5.74, 6) is 1.16. The number of fused-ring (bicyclic) bond motifs is 1. The van der Waals surface area contributed by atoms with E-state index >= 15 is 0 Å². The number of carbonyl (C=O) groups is 2. The Morgan fingerprint density at radius 1 is 1.23 bits per heavy atom. The predicted octanol–water partition coefficient (Wildman–Crippen LogP) is 3.35. The van der Waals surface area contributed by atoms with Crippen LogP contribution in [-0.2, 0) is 6.42 Å². The largest absolute Gasteiger partial charge is 0.486 e. The van der Waals surface area contributed by atoms with Crippen LogP contribution in [0, 0.1) is 6.92 Å². The molecule has 6 nitrogen and oxygen atoms in total. The summed E-state index contributed by atoms with van der Waals surface area (Å²) in [4.78, 5) is 27.7. The van der Waals surface area contributed by atoms with E-state index in [4.69, 9.17) is 9.47 Å². The number of nitrogens with one attached hydrogen (secondary N) is 2. The van der Waals surface area contributed by atoms with Gasteiger partial charge in [-0.05, 0) is 50.5 Å². The lowest BCUT2D eigenvalue weighted by Gasteiger charge is -2.21. The predicted molar refractivity (Wildman–Crippen MR) is 98.2 cm³/mol. The third-order valence-electron chi connectivity index (χ3n) is 4.64. The Morgan fingerprint density at radius 2 is 1.92 bits per heavy atom. The van der Waals surface area contributed by atoms with Crippen molar-refractivity contribution in [1.82, 2.24) is 10.3 Å². The van der Waals surface area contributed by atoms with Crippen LogP contribution in [-0.4, -0.2) is 29.9 Å². The molecule has 1 aliphatic heterocycles. The second kappa shape index (κ2) is 7.23. The number of carbonyl (C=O) groups excluding carboxylic acids is 2. The third kappa shape index (κ3) is 3.31. The van der Waals surface area contributed by atoms with E-state index in [1.807, 2.05) is 39.0 Å². The van der Waals surface area contributed by atoms with Crippen molar-refractivity contribution in [1.29, 1.82) is 0 Å². The highest BCUT2D eigenvalue weighted by Gasteiger charge is 2.23. The quantitative estimate of drug-likeness (QED) is 0.805. The molecule has 1 amide bonds. The summed E-state index contributed by atoms with van der Waals surface area (Å²) in [6.07, 6.45) is 0.612. The minimum atomic E-state index is -0.222. The van der Waals surface area contributed by atoms with Crippen LogP contribution in [0.3, 0.4) is 0 Å². The maximum atomic E-state index is 12.8. The van der Waals surface area contributed by atoms with Crippen molar-refractivity contribution in [3.05, 3.63) is 46.3 Å². The number of aryl methyl sites for hydroxylation is 1. The average Bonchev–Trinajstić information content (AvgIpc) is 2.97. The zero-order chi connectivity index (χ0) is 18.8. The molecular weight excluding hydrogens is 332 g/mol. The number of hydrogen-bond acceptors (Lipinski definition) is 4. The maximum absolute atomic E-state index is 12.8. The Morgan fingerprint density at radius 3 is 2.58 bits per heavy atom. The van der Waals surface area contributed by atoms with E-state index in [1.54, 1.807) is 0 Å². The van der Waals surface area contributed by atoms with Crippen LogP contribution < -0.4 is 14.8 Å². The zero-order valence-electron chi connectivity index (χ0n) is 15.6. The van der Waals surface area contributed by atoms with E-state index < -0.39 is 0 Å². The highest BCUT2D eigenvalue weighted by molar-refractivity contribution is 6.02. The van der Waals surface area contributed by atoms with Gasteiger partial charge in [0.2, 0.25) is 0 Å². The minimum absolute atomic E-state index is 0.0328. The van der Waals surface area contributed by atoms with E-state index in [1.165, 1.54) is 6.92 Å². The number of Topliss-reactive ketones (excluding diaryl/α,β-unsaturated/α-hetero) is 1. The van der Waals surface area contributed by atoms with Crippen molar-refractivity contribution in [3.63, 3.8) is 0 Å². The van der Waals surface area contributed by atoms with Gasteiger partial charge >= 0.3 is 0 Å². The average molecular weight is 356 g/mol. The molecule has 1 aliphatic rings. The monoisotopic (exact) mass is 356 g/mol. The van der Waals surface area contributed by atoms with E-state index in [9.17, 15) is 9.59 Å². The van der Waals surface area contributed by atoms with Crippen LogP contribution in [0.15, 0.2) is 18.2 Å². The topological polar surface area (TPSA) is 80.4 Å². The summed E-state index contributed by atoms with van der Waals surface area (Å²) in [6, 6.07) is 5.45. The summed E-state index contributed by atoms with van der Waals surface area (Å²) >= 11 is 0. The van der Waals surface area contributed by atoms with Gasteiger partial charge in [0.15, 0.2) is 17.3 Å². The van der Waals surface area contributed by atoms with Gasteiger partial charge in [0.1, 0.15) is 18.9 Å². The molecule has 0 aliphatic carbocycles. The highest BCUT2D eigenvalue weighted by atomic mass is 16.6. The third-order valence-corrected chi connectivity index (χ3v) is 4.64. The number of ether oxygens (including phenoxy) is 2. The van der Waals surface area contributed by atoms with Gasteiger partial charge < -0.3 is 19.8 Å². The maximum Gasteiger partial charge on any atom is 0.268 e. The standard InChI is InChI=1S/C20H24N2O4/c1-5-15-18(13(4)23)12(3)21-19(15)20(24)22-11(2)14-6-7-16-17(10-14)26-9-8-25-16/h6-7,10-11,21H,5,8-9H2,1-4H3,(H,22,24). The summed E-state index contributed by atoms with van der Waals surface area (Å²) in [6.45, 7) is 8.26. The number of H-pyrrole nitrogens is 1. The number of ketones is 1. The molecule has 138 valence electrons. The number of amides is 1. The van der Waals surface area contributed by atoms with Gasteiger partial charge in [-0.15, -0.1) is 0 Å². The Balaban J connectivity index is 1.82. The Labute approximate surface area is 152 Å². The number of hydrogen-bond donors (Lipinski definition) is 2. The fourth-order valence-corrected chi connectivity index (χ4v) is 3.38. The fourth-order valence-electron chi connectivity index (χ4n) is 3.38. The van der Waals surface area contributed by atoms with E-state index in [0.717, 1.165) is 22.6 Å². The summed E-state index contributed by atoms with van der Waals surface area (Å²) in [5.41, 5.74) is 3.49. The van der Waals surface area contributed by atoms with E-state index in [2.05, 4.69) is 10.3 Å². The fraction of sp³-hybridized carbons (Fsp3) is 0.400. The van der Waals surface area contributed by atoms with Crippen molar-refractivity contribution < 1.29 is 19.1 Å². The van der Waals surface area contributed by atoms with Gasteiger partial charge in [-0.25, -0.2) is 0 Å². The number of rotatable bonds is 5. The summed E-state index contributed by atoms with van der Waals surface area (Å²) < 4.78 is 11.1. The Hall–Kier alpha value is -2.76. The molecule has 0 saturated heterocycles. The van der Waals surface area contributed by atoms with Crippen molar-refractivity contribution in [2.45, 2.75) is 40.2 Å². The van der Waals surface area contributed by atoms with Crippen LogP contribution in [0.1, 0.15) is 64.5 Å². The summed E-state index contributed by atoms with van der Waals surface area (Å²) in [5, 5.41) is 3.00. The molecule has 1 aromatic heterocycles. The molecule has 0 bridgehead atoms. The first-order chi connectivity index (χ1) is 12.4. The smallest absolute Gasteiger partial charge is 0.268 e. The van der Waals surface area contributed by atoms with Crippen LogP contribution >= 0.6 is 0 Å².